The lowest BCUT2D eigenvalue weighted by atomic mass is 10.2. The van der Waals surface area contributed by atoms with Crippen LogP contribution in [0.25, 0.3) is 0 Å². The predicted octanol–water partition coefficient (Wildman–Crippen LogP) is 4.49. The molecule has 2 aromatic rings. The van der Waals surface area contributed by atoms with E-state index in [1.54, 1.807) is 11.8 Å². The average molecular weight is 287 g/mol. The molecule has 0 aliphatic rings. The van der Waals surface area contributed by atoms with Crippen LogP contribution in [0.1, 0.15) is 38.1 Å². The van der Waals surface area contributed by atoms with Gasteiger partial charge in [-0.15, -0.1) is 0 Å². The van der Waals surface area contributed by atoms with Gasteiger partial charge in [0, 0.05) is 23.4 Å². The number of benzene rings is 1. The van der Waals surface area contributed by atoms with Gasteiger partial charge >= 0.3 is 0 Å². The number of rotatable bonds is 5. The van der Waals surface area contributed by atoms with Gasteiger partial charge in [-0.05, 0) is 26.0 Å². The Morgan fingerprint density at radius 3 is 2.65 bits per heavy atom. The molecule has 0 radical (unpaired) electrons. The molecule has 0 fully saturated rings. The van der Waals surface area contributed by atoms with E-state index in [1.165, 1.54) is 10.5 Å². The summed E-state index contributed by atoms with van der Waals surface area (Å²) in [6.07, 6.45) is 0. The highest BCUT2D eigenvalue weighted by molar-refractivity contribution is 7.99. The van der Waals surface area contributed by atoms with Crippen molar-refractivity contribution in [1.82, 2.24) is 9.97 Å². The number of hydrogen-bond donors (Lipinski definition) is 1. The normalized spacial score (nSPS) is 10.8. The second-order valence-corrected chi connectivity index (χ2v) is 6.15. The van der Waals surface area contributed by atoms with Gasteiger partial charge in [0.1, 0.15) is 16.7 Å². The van der Waals surface area contributed by atoms with Crippen LogP contribution in [0.2, 0.25) is 0 Å². The monoisotopic (exact) mass is 287 g/mol. The molecule has 1 aromatic carbocycles. The third-order valence-electron chi connectivity index (χ3n) is 2.81. The molecule has 1 N–H and O–H groups in total. The number of nitrogens with one attached hydrogen (secondary N) is 1. The molecule has 4 heteroatoms. The smallest absolute Gasteiger partial charge is 0.134 e. The Hall–Kier alpha value is -1.55. The lowest BCUT2D eigenvalue weighted by Crippen LogP contribution is -2.05. The van der Waals surface area contributed by atoms with Crippen molar-refractivity contribution in [3.05, 3.63) is 41.7 Å². The first-order valence-electron chi connectivity index (χ1n) is 6.96. The summed E-state index contributed by atoms with van der Waals surface area (Å²) in [6, 6.07) is 10.5. The van der Waals surface area contributed by atoms with E-state index in [-0.39, 0.29) is 0 Å². The summed E-state index contributed by atoms with van der Waals surface area (Å²) in [5, 5.41) is 4.27. The van der Waals surface area contributed by atoms with Gasteiger partial charge in [-0.25, -0.2) is 9.97 Å². The maximum atomic E-state index is 4.65. The standard InChI is InChI=1S/C16H21N3S/c1-5-17-14-10-15(19-16(18-14)11(2)3)20-13-8-6-7-12(4)9-13/h6-11H,5H2,1-4H3,(H,17,18,19). The zero-order valence-corrected chi connectivity index (χ0v) is 13.3. The number of hydrogen-bond acceptors (Lipinski definition) is 4. The SMILES string of the molecule is CCNc1cc(Sc2cccc(C)c2)nc(C(C)C)n1. The molecule has 3 nitrogen and oxygen atoms in total. The number of aryl methyl sites for hydroxylation is 1. The fourth-order valence-electron chi connectivity index (χ4n) is 1.82. The van der Waals surface area contributed by atoms with Gasteiger partial charge in [0.2, 0.25) is 0 Å². The average Bonchev–Trinajstić information content (AvgIpc) is 2.38. The fraction of sp³-hybridized carbons (Fsp3) is 0.375. The van der Waals surface area contributed by atoms with Crippen molar-refractivity contribution in [1.29, 1.82) is 0 Å². The van der Waals surface area contributed by atoms with E-state index in [0.29, 0.717) is 5.92 Å². The zero-order valence-electron chi connectivity index (χ0n) is 12.5. The second kappa shape index (κ2) is 6.75. The van der Waals surface area contributed by atoms with Crippen LogP contribution in [0, 0.1) is 6.92 Å². The molecule has 1 aromatic heterocycles. The molecule has 0 bridgehead atoms. The highest BCUT2D eigenvalue weighted by Gasteiger charge is 2.09. The number of nitrogens with zero attached hydrogens (tertiary/aromatic N) is 2. The van der Waals surface area contributed by atoms with Crippen molar-refractivity contribution in [2.75, 3.05) is 11.9 Å². The van der Waals surface area contributed by atoms with E-state index >= 15 is 0 Å². The topological polar surface area (TPSA) is 37.8 Å². The second-order valence-electron chi connectivity index (χ2n) is 5.05. The molecule has 0 aliphatic heterocycles. The molecule has 0 spiro atoms. The van der Waals surface area contributed by atoms with Crippen molar-refractivity contribution in [2.45, 2.75) is 43.5 Å². The maximum Gasteiger partial charge on any atom is 0.134 e. The minimum atomic E-state index is 0.325. The minimum absolute atomic E-state index is 0.325. The van der Waals surface area contributed by atoms with Gasteiger partial charge < -0.3 is 5.32 Å². The lowest BCUT2D eigenvalue weighted by Gasteiger charge is -2.10. The summed E-state index contributed by atoms with van der Waals surface area (Å²) in [5.74, 6) is 2.12. The molecule has 106 valence electrons. The van der Waals surface area contributed by atoms with Gasteiger partial charge in [0.25, 0.3) is 0 Å². The maximum absolute atomic E-state index is 4.65. The zero-order chi connectivity index (χ0) is 14.5. The summed E-state index contributed by atoms with van der Waals surface area (Å²) in [6.45, 7) is 9.28. The summed E-state index contributed by atoms with van der Waals surface area (Å²) in [7, 11) is 0. The van der Waals surface area contributed by atoms with E-state index in [1.807, 2.05) is 6.07 Å². The van der Waals surface area contributed by atoms with E-state index in [4.69, 9.17) is 0 Å². The highest BCUT2D eigenvalue weighted by Crippen LogP contribution is 2.29. The Bertz CT molecular complexity index is 582. The molecule has 0 unspecified atom stereocenters. The summed E-state index contributed by atoms with van der Waals surface area (Å²) in [4.78, 5) is 10.4. The van der Waals surface area contributed by atoms with Crippen LogP contribution in [0.5, 0.6) is 0 Å². The van der Waals surface area contributed by atoms with Crippen molar-refractivity contribution >= 4 is 17.6 Å². The minimum Gasteiger partial charge on any atom is -0.370 e. The predicted molar refractivity (Wildman–Crippen MR) is 85.6 cm³/mol. The molecule has 1 heterocycles. The van der Waals surface area contributed by atoms with Crippen LogP contribution in [0.3, 0.4) is 0 Å². The van der Waals surface area contributed by atoms with Crippen molar-refractivity contribution in [2.24, 2.45) is 0 Å². The van der Waals surface area contributed by atoms with Gasteiger partial charge in [-0.3, -0.25) is 0 Å². The first kappa shape index (κ1) is 14.9. The summed E-state index contributed by atoms with van der Waals surface area (Å²) < 4.78 is 0. The number of anilines is 1. The van der Waals surface area contributed by atoms with Crippen LogP contribution >= 0.6 is 11.8 Å². The molecule has 0 aliphatic carbocycles. The third kappa shape index (κ3) is 3.97. The third-order valence-corrected chi connectivity index (χ3v) is 3.71. The van der Waals surface area contributed by atoms with Gasteiger partial charge in [-0.1, -0.05) is 43.3 Å². The van der Waals surface area contributed by atoms with Gasteiger partial charge in [-0.2, -0.15) is 0 Å². The van der Waals surface area contributed by atoms with E-state index in [0.717, 1.165) is 23.2 Å². The molecule has 0 atom stereocenters. The molecule has 2 rings (SSSR count). The Labute approximate surface area is 125 Å². The van der Waals surface area contributed by atoms with Crippen LogP contribution in [0.4, 0.5) is 5.82 Å². The molecule has 0 saturated carbocycles. The van der Waals surface area contributed by atoms with Crippen LogP contribution in [-0.4, -0.2) is 16.5 Å². The Kier molecular flexibility index (Phi) is 5.01. The van der Waals surface area contributed by atoms with Crippen LogP contribution < -0.4 is 5.32 Å². The van der Waals surface area contributed by atoms with Crippen LogP contribution in [0.15, 0.2) is 40.3 Å². The Morgan fingerprint density at radius 1 is 1.20 bits per heavy atom. The molecule has 20 heavy (non-hydrogen) atoms. The molecule has 0 amide bonds. The first-order valence-corrected chi connectivity index (χ1v) is 7.77. The lowest BCUT2D eigenvalue weighted by molar-refractivity contribution is 0.754. The fourth-order valence-corrected chi connectivity index (χ4v) is 2.77. The van der Waals surface area contributed by atoms with E-state index < -0.39 is 0 Å². The first-order chi connectivity index (χ1) is 9.58. The molecular formula is C16H21N3S. The van der Waals surface area contributed by atoms with Crippen LogP contribution in [-0.2, 0) is 0 Å². The van der Waals surface area contributed by atoms with Crippen molar-refractivity contribution in [3.63, 3.8) is 0 Å². The van der Waals surface area contributed by atoms with Crippen molar-refractivity contribution in [3.8, 4) is 0 Å². The Balaban J connectivity index is 2.30. The number of aromatic nitrogens is 2. The summed E-state index contributed by atoms with van der Waals surface area (Å²) in [5.41, 5.74) is 1.26. The molecule has 0 saturated heterocycles. The summed E-state index contributed by atoms with van der Waals surface area (Å²) >= 11 is 1.68. The van der Waals surface area contributed by atoms with Gasteiger partial charge in [0.15, 0.2) is 0 Å². The van der Waals surface area contributed by atoms with E-state index in [2.05, 4.69) is 67.2 Å². The quantitative estimate of drug-likeness (QED) is 0.822. The van der Waals surface area contributed by atoms with Crippen molar-refractivity contribution < 1.29 is 0 Å². The van der Waals surface area contributed by atoms with E-state index in [9.17, 15) is 0 Å². The highest BCUT2D eigenvalue weighted by atomic mass is 32.2. The largest absolute Gasteiger partial charge is 0.370 e. The Morgan fingerprint density at radius 2 is 2.00 bits per heavy atom. The van der Waals surface area contributed by atoms with Gasteiger partial charge in [0.05, 0.1) is 0 Å². The molecular weight excluding hydrogens is 266 g/mol.